The Balaban J connectivity index is 1.48. The van der Waals surface area contributed by atoms with Crippen molar-refractivity contribution in [1.29, 1.82) is 0 Å². The average molecular weight is 494 g/mol. The monoisotopic (exact) mass is 493 g/mol. The van der Waals surface area contributed by atoms with E-state index in [1.54, 1.807) is 0 Å². The lowest BCUT2D eigenvalue weighted by atomic mass is 10.0. The minimum atomic E-state index is -0.0128. The van der Waals surface area contributed by atoms with Crippen molar-refractivity contribution in [2.45, 2.75) is 52.5 Å². The summed E-state index contributed by atoms with van der Waals surface area (Å²) >= 11 is 0. The van der Waals surface area contributed by atoms with E-state index < -0.39 is 0 Å². The molecule has 0 bridgehead atoms. The van der Waals surface area contributed by atoms with Crippen LogP contribution in [0.15, 0.2) is 77.9 Å². The van der Waals surface area contributed by atoms with Crippen molar-refractivity contribution in [2.24, 2.45) is 0 Å². The van der Waals surface area contributed by atoms with Gasteiger partial charge in [-0.05, 0) is 47.7 Å². The summed E-state index contributed by atoms with van der Waals surface area (Å²) in [4.78, 5) is 18.4. The number of H-pyrrole nitrogens is 1. The lowest BCUT2D eigenvalue weighted by Crippen LogP contribution is -2.25. The highest BCUT2D eigenvalue weighted by Gasteiger charge is 2.16. The van der Waals surface area contributed by atoms with Crippen LogP contribution in [0.2, 0.25) is 0 Å². The molecule has 0 aliphatic rings. The Kier molecular flexibility index (Phi) is 7.35. The Bertz CT molecular complexity index is 1510. The number of benzene rings is 2. The maximum Gasteiger partial charge on any atom is 0.333 e. The molecule has 0 aliphatic heterocycles. The van der Waals surface area contributed by atoms with Gasteiger partial charge >= 0.3 is 5.69 Å². The maximum absolute atomic E-state index is 13.7. The number of unbranched alkanes of at least 4 members (excludes halogenated alkanes) is 1. The molecule has 37 heavy (non-hydrogen) atoms. The second kappa shape index (κ2) is 11.2. The molecule has 2 aromatic carbocycles. The van der Waals surface area contributed by atoms with Crippen molar-refractivity contribution in [3.63, 3.8) is 0 Å². The standard InChI is InChI=1S/C29H31N7O/c1-3-5-12-23-20-36(27-15-9-6-11-22(27)10-4-2)29(37)35(23)19-21-16-17-26(30-18-21)24-13-7-8-14-25(24)28-31-33-34-32-28/h6-9,11,13-18,20H,3-5,10,12,19H2,1-2H3,(H,31,32,33,34). The van der Waals surface area contributed by atoms with E-state index in [4.69, 9.17) is 4.98 Å². The SMILES string of the molecule is CCCCc1cn(-c2ccccc2CCC)c(=O)n1Cc1ccc(-c2ccccc2-c2nn[nH]n2)nc1. The molecule has 0 amide bonds. The molecule has 3 heterocycles. The second-order valence-electron chi connectivity index (χ2n) is 9.17. The predicted octanol–water partition coefficient (Wildman–Crippen LogP) is 5.22. The Hall–Kier alpha value is -4.33. The van der Waals surface area contributed by atoms with E-state index in [0.717, 1.165) is 65.9 Å². The molecule has 8 nitrogen and oxygen atoms in total. The number of pyridine rings is 1. The van der Waals surface area contributed by atoms with Gasteiger partial charge in [0.15, 0.2) is 0 Å². The zero-order valence-electron chi connectivity index (χ0n) is 21.3. The number of tetrazole rings is 1. The van der Waals surface area contributed by atoms with E-state index in [1.165, 1.54) is 5.56 Å². The van der Waals surface area contributed by atoms with Crippen LogP contribution in [0, 0.1) is 0 Å². The first-order valence-electron chi connectivity index (χ1n) is 12.9. The van der Waals surface area contributed by atoms with Crippen molar-refractivity contribution in [3.05, 3.63) is 100 Å². The summed E-state index contributed by atoms with van der Waals surface area (Å²) in [6.45, 7) is 4.81. The Morgan fingerprint density at radius 1 is 0.892 bits per heavy atom. The molecular formula is C29H31N7O. The molecule has 188 valence electrons. The van der Waals surface area contributed by atoms with Crippen LogP contribution in [0.5, 0.6) is 0 Å². The van der Waals surface area contributed by atoms with E-state index in [0.29, 0.717) is 12.4 Å². The molecule has 0 saturated heterocycles. The summed E-state index contributed by atoms with van der Waals surface area (Å²) in [6.07, 6.45) is 8.80. The van der Waals surface area contributed by atoms with Gasteiger partial charge in [-0.15, -0.1) is 10.2 Å². The molecule has 0 unspecified atom stereocenters. The third-order valence-corrected chi connectivity index (χ3v) is 6.57. The molecule has 0 fully saturated rings. The number of para-hydroxylation sites is 1. The van der Waals surface area contributed by atoms with Gasteiger partial charge in [-0.1, -0.05) is 75.2 Å². The quantitative estimate of drug-likeness (QED) is 0.288. The van der Waals surface area contributed by atoms with Crippen molar-refractivity contribution in [3.8, 4) is 28.3 Å². The molecule has 0 aliphatic carbocycles. The topological polar surface area (TPSA) is 94.3 Å². The van der Waals surface area contributed by atoms with Crippen LogP contribution in [0.25, 0.3) is 28.3 Å². The van der Waals surface area contributed by atoms with Crippen molar-refractivity contribution >= 4 is 0 Å². The fourth-order valence-corrected chi connectivity index (χ4v) is 4.69. The number of nitrogens with zero attached hydrogens (tertiary/aromatic N) is 6. The average Bonchev–Trinajstić information content (AvgIpc) is 3.58. The summed E-state index contributed by atoms with van der Waals surface area (Å²) in [5.74, 6) is 0.526. The number of hydrogen-bond donors (Lipinski definition) is 1. The first-order valence-corrected chi connectivity index (χ1v) is 12.9. The van der Waals surface area contributed by atoms with Crippen LogP contribution in [0.3, 0.4) is 0 Å². The van der Waals surface area contributed by atoms with E-state index in [-0.39, 0.29) is 5.69 Å². The minimum absolute atomic E-state index is 0.0128. The summed E-state index contributed by atoms with van der Waals surface area (Å²) in [5.41, 5.74) is 6.77. The van der Waals surface area contributed by atoms with Crippen LogP contribution in [-0.4, -0.2) is 34.7 Å². The smallest absolute Gasteiger partial charge is 0.292 e. The number of rotatable bonds is 10. The summed E-state index contributed by atoms with van der Waals surface area (Å²) in [7, 11) is 0. The van der Waals surface area contributed by atoms with Gasteiger partial charge in [0, 0.05) is 29.2 Å². The lowest BCUT2D eigenvalue weighted by molar-refractivity contribution is 0.672. The summed E-state index contributed by atoms with van der Waals surface area (Å²) < 4.78 is 3.71. The highest BCUT2D eigenvalue weighted by Crippen LogP contribution is 2.28. The lowest BCUT2D eigenvalue weighted by Gasteiger charge is -2.10. The van der Waals surface area contributed by atoms with Crippen LogP contribution >= 0.6 is 0 Å². The van der Waals surface area contributed by atoms with Gasteiger partial charge in [-0.3, -0.25) is 14.1 Å². The van der Waals surface area contributed by atoms with Crippen LogP contribution in [0.1, 0.15) is 49.9 Å². The molecular weight excluding hydrogens is 462 g/mol. The molecule has 1 N–H and O–H groups in total. The number of nitrogens with one attached hydrogen (secondary N) is 1. The van der Waals surface area contributed by atoms with Gasteiger partial charge in [0.2, 0.25) is 5.82 Å². The highest BCUT2D eigenvalue weighted by atomic mass is 16.1. The summed E-state index contributed by atoms with van der Waals surface area (Å²) in [5, 5.41) is 14.4. The molecule has 3 aromatic heterocycles. The highest BCUT2D eigenvalue weighted by molar-refractivity contribution is 5.78. The molecule has 8 heteroatoms. The fourth-order valence-electron chi connectivity index (χ4n) is 4.69. The van der Waals surface area contributed by atoms with Crippen LogP contribution in [0.4, 0.5) is 0 Å². The van der Waals surface area contributed by atoms with E-state index in [9.17, 15) is 4.79 Å². The number of aromatic amines is 1. The largest absolute Gasteiger partial charge is 0.333 e. The zero-order chi connectivity index (χ0) is 25.6. The van der Waals surface area contributed by atoms with Gasteiger partial charge in [0.25, 0.3) is 0 Å². The first kappa shape index (κ1) is 24.4. The molecule has 5 aromatic rings. The maximum atomic E-state index is 13.7. The van der Waals surface area contributed by atoms with Crippen molar-refractivity contribution in [1.82, 2.24) is 34.7 Å². The number of aromatic nitrogens is 7. The number of hydrogen-bond acceptors (Lipinski definition) is 5. The second-order valence-corrected chi connectivity index (χ2v) is 9.17. The van der Waals surface area contributed by atoms with Crippen molar-refractivity contribution < 1.29 is 0 Å². The Morgan fingerprint density at radius 2 is 1.70 bits per heavy atom. The Morgan fingerprint density at radius 3 is 2.43 bits per heavy atom. The van der Waals surface area contributed by atoms with Crippen LogP contribution in [-0.2, 0) is 19.4 Å². The molecule has 0 saturated carbocycles. The Labute approximate surface area is 216 Å². The molecule has 0 radical (unpaired) electrons. The summed E-state index contributed by atoms with van der Waals surface area (Å²) in [6, 6.07) is 20.1. The first-order chi connectivity index (χ1) is 18.2. The van der Waals surface area contributed by atoms with Gasteiger partial charge in [-0.2, -0.15) is 5.21 Å². The van der Waals surface area contributed by atoms with E-state index >= 15 is 0 Å². The number of imidazole rings is 1. The van der Waals surface area contributed by atoms with Gasteiger partial charge in [-0.25, -0.2) is 4.79 Å². The normalized spacial score (nSPS) is 11.2. The fraction of sp³-hybridized carbons (Fsp3) is 0.276. The van der Waals surface area contributed by atoms with Gasteiger partial charge in [0.1, 0.15) is 0 Å². The third kappa shape index (κ3) is 5.14. The third-order valence-electron chi connectivity index (χ3n) is 6.57. The molecule has 0 atom stereocenters. The minimum Gasteiger partial charge on any atom is -0.292 e. The van der Waals surface area contributed by atoms with E-state index in [1.807, 2.05) is 76.1 Å². The predicted molar refractivity (Wildman–Crippen MR) is 145 cm³/mol. The van der Waals surface area contributed by atoms with Gasteiger partial charge < -0.3 is 0 Å². The van der Waals surface area contributed by atoms with Crippen molar-refractivity contribution in [2.75, 3.05) is 0 Å². The zero-order valence-corrected chi connectivity index (χ0v) is 21.3. The molecule has 5 rings (SSSR count). The number of aryl methyl sites for hydroxylation is 2. The van der Waals surface area contributed by atoms with Crippen LogP contribution < -0.4 is 5.69 Å². The van der Waals surface area contributed by atoms with E-state index in [2.05, 4.69) is 40.5 Å². The molecule has 0 spiro atoms. The van der Waals surface area contributed by atoms with Gasteiger partial charge in [0.05, 0.1) is 17.9 Å².